The van der Waals surface area contributed by atoms with Crippen molar-refractivity contribution in [3.63, 3.8) is 0 Å². The molecule has 1 aliphatic heterocycles. The molecule has 8 heteroatoms. The van der Waals surface area contributed by atoms with Crippen LogP contribution < -0.4 is 5.32 Å². The van der Waals surface area contributed by atoms with Crippen molar-refractivity contribution in [3.8, 4) is 0 Å². The van der Waals surface area contributed by atoms with Crippen molar-refractivity contribution in [1.29, 1.82) is 0 Å². The number of carbonyl (C=O) groups is 3. The van der Waals surface area contributed by atoms with Gasteiger partial charge in [0.2, 0.25) is 0 Å². The largest absolute Gasteiger partial charge is 0.456 e. The monoisotopic (exact) mass is 502 g/mol. The van der Waals surface area contributed by atoms with Crippen LogP contribution in [0.2, 0.25) is 0 Å². The molecule has 1 heterocycles. The zero-order valence-corrected chi connectivity index (χ0v) is 19.8. The molecule has 32 heavy (non-hydrogen) atoms. The highest BCUT2D eigenvalue weighted by Crippen LogP contribution is 2.32. The molecule has 168 valence electrons. The number of hydrogen-bond acceptors (Lipinski definition) is 4. The van der Waals surface area contributed by atoms with Gasteiger partial charge in [0.15, 0.2) is 5.78 Å². The number of nitrogens with zero attached hydrogens (tertiary/aromatic N) is 1. The molecule has 2 aromatic rings. The number of ether oxygens (including phenoxy) is 1. The first-order chi connectivity index (χ1) is 14.9. The van der Waals surface area contributed by atoms with Gasteiger partial charge in [-0.25, -0.2) is 14.0 Å². The van der Waals surface area contributed by atoms with Gasteiger partial charge in [-0.3, -0.25) is 9.69 Å². The van der Waals surface area contributed by atoms with Crippen LogP contribution in [0.5, 0.6) is 0 Å². The fraction of sp³-hybridized carbons (Fsp3) is 0.292. The van der Waals surface area contributed by atoms with E-state index in [1.54, 1.807) is 52.0 Å². The first-order valence-electron chi connectivity index (χ1n) is 10.0. The summed E-state index contributed by atoms with van der Waals surface area (Å²) in [5, 5.41) is 2.79. The Bertz CT molecular complexity index is 1090. The van der Waals surface area contributed by atoms with Crippen molar-refractivity contribution < 1.29 is 23.5 Å². The molecule has 0 saturated heterocycles. The average Bonchev–Trinajstić information content (AvgIpc) is 2.69. The first-order valence-corrected chi connectivity index (χ1v) is 10.8. The molecular weight excluding hydrogens is 479 g/mol. The lowest BCUT2D eigenvalue weighted by molar-refractivity contribution is -0.116. The van der Waals surface area contributed by atoms with Crippen LogP contribution in [0.1, 0.15) is 54.7 Å². The van der Waals surface area contributed by atoms with E-state index in [1.165, 1.54) is 29.3 Å². The molecule has 0 spiro atoms. The van der Waals surface area contributed by atoms with Crippen LogP contribution in [0.4, 0.5) is 14.9 Å². The van der Waals surface area contributed by atoms with Crippen LogP contribution in [-0.4, -0.2) is 28.3 Å². The van der Waals surface area contributed by atoms with Crippen molar-refractivity contribution in [3.05, 3.63) is 75.7 Å². The number of halogens is 2. The second kappa shape index (κ2) is 9.24. The number of esters is 1. The van der Waals surface area contributed by atoms with E-state index in [2.05, 4.69) is 21.2 Å². The number of amides is 2. The van der Waals surface area contributed by atoms with E-state index in [9.17, 15) is 18.8 Å². The summed E-state index contributed by atoms with van der Waals surface area (Å²) >= 11 is 3.42. The second-order valence-corrected chi connectivity index (χ2v) is 9.39. The fourth-order valence-electron chi connectivity index (χ4n) is 3.30. The minimum absolute atomic E-state index is 0.0772. The van der Waals surface area contributed by atoms with Gasteiger partial charge in [0.1, 0.15) is 11.4 Å². The van der Waals surface area contributed by atoms with E-state index >= 15 is 0 Å². The summed E-state index contributed by atoms with van der Waals surface area (Å²) < 4.78 is 19.4. The molecule has 0 fully saturated rings. The second-order valence-electron chi connectivity index (χ2n) is 8.54. The molecule has 0 radical (unpaired) electrons. The van der Waals surface area contributed by atoms with Crippen molar-refractivity contribution in [2.75, 3.05) is 5.32 Å². The van der Waals surface area contributed by atoms with Gasteiger partial charge >= 0.3 is 12.0 Å². The Balaban J connectivity index is 1.88. The van der Waals surface area contributed by atoms with Gasteiger partial charge in [-0.2, -0.15) is 0 Å². The maximum atomic E-state index is 13.3. The van der Waals surface area contributed by atoms with Gasteiger partial charge < -0.3 is 10.1 Å². The van der Waals surface area contributed by atoms with E-state index < -0.39 is 29.5 Å². The molecule has 0 unspecified atom stereocenters. The Kier molecular flexibility index (Phi) is 6.83. The summed E-state index contributed by atoms with van der Waals surface area (Å²) in [5.74, 6) is -1.03. The van der Waals surface area contributed by atoms with Gasteiger partial charge in [0.05, 0.1) is 17.3 Å². The number of hydrogen-bond donors (Lipinski definition) is 1. The van der Waals surface area contributed by atoms with Gasteiger partial charge in [0, 0.05) is 17.1 Å². The topological polar surface area (TPSA) is 75.7 Å². The predicted octanol–water partition coefficient (Wildman–Crippen LogP) is 5.91. The third-order valence-corrected chi connectivity index (χ3v) is 5.47. The molecule has 2 amide bonds. The normalized spacial score (nSPS) is 16.1. The number of anilines is 1. The van der Waals surface area contributed by atoms with Crippen LogP contribution in [-0.2, 0) is 9.53 Å². The Hall–Kier alpha value is -3.00. The molecule has 0 saturated carbocycles. The Labute approximate surface area is 194 Å². The summed E-state index contributed by atoms with van der Waals surface area (Å²) in [6.45, 7) is 7.11. The Morgan fingerprint density at radius 2 is 1.84 bits per heavy atom. The van der Waals surface area contributed by atoms with Gasteiger partial charge in [-0.15, -0.1) is 0 Å². The fourth-order valence-corrected chi connectivity index (χ4v) is 3.86. The van der Waals surface area contributed by atoms with Crippen LogP contribution in [0.25, 0.3) is 0 Å². The van der Waals surface area contributed by atoms with Crippen LogP contribution >= 0.6 is 15.9 Å². The zero-order chi connectivity index (χ0) is 23.6. The third-order valence-electron chi connectivity index (χ3n) is 4.82. The predicted molar refractivity (Wildman–Crippen MR) is 123 cm³/mol. The lowest BCUT2D eigenvalue weighted by Gasteiger charge is -2.31. The minimum Gasteiger partial charge on any atom is -0.456 e. The minimum atomic E-state index is -0.659. The number of rotatable bonds is 3. The van der Waals surface area contributed by atoms with E-state index in [4.69, 9.17) is 4.74 Å². The number of benzene rings is 2. The van der Waals surface area contributed by atoms with Crippen LogP contribution in [0.15, 0.2) is 53.1 Å². The molecule has 0 bridgehead atoms. The summed E-state index contributed by atoms with van der Waals surface area (Å²) in [6, 6.07) is 7.88. The first kappa shape index (κ1) is 23.7. The van der Waals surface area contributed by atoms with E-state index in [1.807, 2.05) is 0 Å². The van der Waals surface area contributed by atoms with Crippen LogP contribution in [0, 0.1) is 12.7 Å². The lowest BCUT2D eigenvalue weighted by atomic mass is 9.97. The highest BCUT2D eigenvalue weighted by molar-refractivity contribution is 9.10. The number of allylic oxidation sites excluding steroid dienone is 1. The molecular formula is C24H24BrFN2O4. The summed E-state index contributed by atoms with van der Waals surface area (Å²) in [5.41, 5.74) is 1.38. The highest BCUT2D eigenvalue weighted by Gasteiger charge is 2.29. The summed E-state index contributed by atoms with van der Waals surface area (Å²) in [6.07, 6.45) is 2.82. The SMILES string of the molecule is Cc1cc(Br)c(NC(=O)N2C=CC(=O)C[C@H]2c2ccc(F)cc2)cc1C(=O)OC(C)(C)C. The number of nitrogens with one attached hydrogen (secondary N) is 1. The molecule has 1 aliphatic rings. The molecule has 3 rings (SSSR count). The van der Waals surface area contributed by atoms with E-state index in [-0.39, 0.29) is 12.2 Å². The Morgan fingerprint density at radius 3 is 2.47 bits per heavy atom. The molecule has 1 atom stereocenters. The molecule has 2 aromatic carbocycles. The standard InChI is InChI=1S/C24H24BrFN2O4/c1-14-11-19(25)20(13-18(14)22(30)32-24(2,3)4)27-23(31)28-10-9-17(29)12-21(28)15-5-7-16(26)8-6-15/h5-11,13,21H,12H2,1-4H3,(H,27,31)/t21-/m0/s1. The Morgan fingerprint density at radius 1 is 1.19 bits per heavy atom. The summed E-state index contributed by atoms with van der Waals surface area (Å²) in [4.78, 5) is 39.1. The van der Waals surface area contributed by atoms with Gasteiger partial charge in [-0.05, 0) is 85.1 Å². The summed E-state index contributed by atoms with van der Waals surface area (Å²) in [7, 11) is 0. The number of ketones is 1. The van der Waals surface area contributed by atoms with Crippen molar-refractivity contribution in [2.24, 2.45) is 0 Å². The van der Waals surface area contributed by atoms with E-state index in [0.717, 1.165) is 0 Å². The molecule has 6 nitrogen and oxygen atoms in total. The molecule has 0 aliphatic carbocycles. The number of urea groups is 1. The quantitative estimate of drug-likeness (QED) is 0.529. The zero-order valence-electron chi connectivity index (χ0n) is 18.2. The molecule has 1 N–H and O–H groups in total. The average molecular weight is 503 g/mol. The van der Waals surface area contributed by atoms with Crippen LogP contribution in [0.3, 0.4) is 0 Å². The maximum Gasteiger partial charge on any atom is 0.338 e. The van der Waals surface area contributed by atoms with Crippen molar-refractivity contribution in [1.82, 2.24) is 4.90 Å². The van der Waals surface area contributed by atoms with E-state index in [0.29, 0.717) is 26.9 Å². The number of aryl methyl sites for hydroxylation is 1. The third kappa shape index (κ3) is 5.62. The maximum absolute atomic E-state index is 13.3. The molecule has 0 aromatic heterocycles. The highest BCUT2D eigenvalue weighted by atomic mass is 79.9. The smallest absolute Gasteiger partial charge is 0.338 e. The lowest BCUT2D eigenvalue weighted by Crippen LogP contribution is -2.37. The number of carbonyl (C=O) groups excluding carboxylic acids is 3. The van der Waals surface area contributed by atoms with Crippen molar-refractivity contribution in [2.45, 2.75) is 45.8 Å². The van der Waals surface area contributed by atoms with Gasteiger partial charge in [0.25, 0.3) is 0 Å². The van der Waals surface area contributed by atoms with Crippen molar-refractivity contribution >= 4 is 39.4 Å². The van der Waals surface area contributed by atoms with Gasteiger partial charge in [-0.1, -0.05) is 12.1 Å².